The van der Waals surface area contributed by atoms with Gasteiger partial charge in [-0.1, -0.05) is 30.3 Å². The smallest absolute Gasteiger partial charge is 0.127 e. The fraction of sp³-hybridized carbons (Fsp3) is 0.0870. The lowest BCUT2D eigenvalue weighted by molar-refractivity contribution is 0.482. The Labute approximate surface area is 158 Å². The third kappa shape index (κ3) is 4.18. The molecular weight excluding hydrogens is 334 g/mol. The van der Waals surface area contributed by atoms with Crippen molar-refractivity contribution in [2.45, 2.75) is 6.42 Å². The third-order valence-electron chi connectivity index (χ3n) is 4.40. The van der Waals surface area contributed by atoms with Crippen LogP contribution in [0.15, 0.2) is 85.1 Å². The van der Waals surface area contributed by atoms with E-state index in [0.717, 1.165) is 46.7 Å². The Morgan fingerprint density at radius 3 is 2.44 bits per heavy atom. The molecule has 4 aromatic rings. The van der Waals surface area contributed by atoms with E-state index in [2.05, 4.69) is 22.4 Å². The van der Waals surface area contributed by atoms with Crippen molar-refractivity contribution >= 4 is 22.3 Å². The number of aromatic nitrogens is 1. The van der Waals surface area contributed by atoms with Gasteiger partial charge >= 0.3 is 0 Å². The summed E-state index contributed by atoms with van der Waals surface area (Å²) in [6.07, 6.45) is 2.73. The van der Waals surface area contributed by atoms with E-state index in [0.29, 0.717) is 0 Å². The molecule has 27 heavy (non-hydrogen) atoms. The molecule has 0 bridgehead atoms. The van der Waals surface area contributed by atoms with Crippen molar-refractivity contribution < 1.29 is 4.74 Å². The Kier molecular flexibility index (Phi) is 4.88. The summed E-state index contributed by atoms with van der Waals surface area (Å²) in [4.78, 5) is 4.38. The zero-order valence-electron chi connectivity index (χ0n) is 14.9. The van der Waals surface area contributed by atoms with Crippen molar-refractivity contribution in [3.8, 4) is 11.5 Å². The molecule has 0 radical (unpaired) electrons. The zero-order valence-corrected chi connectivity index (χ0v) is 14.9. The first kappa shape index (κ1) is 16.9. The van der Waals surface area contributed by atoms with E-state index in [1.807, 2.05) is 72.9 Å². The average Bonchev–Trinajstić information content (AvgIpc) is 2.70. The highest BCUT2D eigenvalue weighted by Gasteiger charge is 2.03. The van der Waals surface area contributed by atoms with Gasteiger partial charge in [0.05, 0.1) is 5.52 Å². The lowest BCUT2D eigenvalue weighted by atomic mass is 10.1. The Balaban J connectivity index is 1.37. The number of pyridine rings is 1. The summed E-state index contributed by atoms with van der Waals surface area (Å²) >= 11 is 0. The largest absolute Gasteiger partial charge is 0.457 e. The second-order valence-electron chi connectivity index (χ2n) is 6.37. The predicted octanol–water partition coefficient (Wildman–Crippen LogP) is 5.26. The number of nitrogens with one attached hydrogen (secondary N) is 1. The molecule has 0 aliphatic heterocycles. The summed E-state index contributed by atoms with van der Waals surface area (Å²) in [5, 5.41) is 4.54. The van der Waals surface area contributed by atoms with Crippen LogP contribution in [0.4, 0.5) is 11.4 Å². The number of fused-ring (bicyclic) bond motifs is 1. The van der Waals surface area contributed by atoms with E-state index < -0.39 is 0 Å². The molecule has 0 spiro atoms. The first-order valence-corrected chi connectivity index (χ1v) is 8.98. The summed E-state index contributed by atoms with van der Waals surface area (Å²) in [5.41, 5.74) is 9.90. The topological polar surface area (TPSA) is 60.2 Å². The van der Waals surface area contributed by atoms with Crippen molar-refractivity contribution in [1.29, 1.82) is 0 Å². The molecule has 4 heteroatoms. The maximum Gasteiger partial charge on any atom is 0.127 e. The maximum atomic E-state index is 5.91. The summed E-state index contributed by atoms with van der Waals surface area (Å²) in [5.74, 6) is 1.68. The van der Waals surface area contributed by atoms with E-state index >= 15 is 0 Å². The van der Waals surface area contributed by atoms with Gasteiger partial charge in [-0.05, 0) is 60.5 Å². The number of nitrogens with zero attached hydrogens (tertiary/aromatic N) is 1. The number of anilines is 2. The zero-order chi connectivity index (χ0) is 18.5. The fourth-order valence-electron chi connectivity index (χ4n) is 3.01. The molecule has 3 aromatic carbocycles. The summed E-state index contributed by atoms with van der Waals surface area (Å²) < 4.78 is 5.83. The van der Waals surface area contributed by atoms with Gasteiger partial charge in [0.25, 0.3) is 0 Å². The molecular formula is C23H21N3O. The quantitative estimate of drug-likeness (QED) is 0.463. The molecule has 3 N–H and O–H groups in total. The van der Waals surface area contributed by atoms with Crippen LogP contribution in [-0.2, 0) is 6.42 Å². The summed E-state index contributed by atoms with van der Waals surface area (Å²) in [6, 6.07) is 25.8. The molecule has 0 unspecified atom stereocenters. The summed E-state index contributed by atoms with van der Waals surface area (Å²) in [6.45, 7) is 0.826. The van der Waals surface area contributed by atoms with Gasteiger partial charge in [0.15, 0.2) is 0 Å². The SMILES string of the molecule is Nc1ccc2nccc(NCCc3ccc(Oc4ccccc4)cc3)c2c1. The van der Waals surface area contributed by atoms with Crippen LogP contribution in [-0.4, -0.2) is 11.5 Å². The van der Waals surface area contributed by atoms with E-state index in [-0.39, 0.29) is 0 Å². The minimum absolute atomic E-state index is 0.743. The highest BCUT2D eigenvalue weighted by Crippen LogP contribution is 2.24. The first-order chi connectivity index (χ1) is 13.3. The molecule has 4 rings (SSSR count). The molecule has 0 atom stereocenters. The Morgan fingerprint density at radius 1 is 0.852 bits per heavy atom. The molecule has 1 aromatic heterocycles. The Hall–Kier alpha value is -3.53. The van der Waals surface area contributed by atoms with E-state index in [4.69, 9.17) is 10.5 Å². The number of hydrogen-bond donors (Lipinski definition) is 2. The highest BCUT2D eigenvalue weighted by atomic mass is 16.5. The van der Waals surface area contributed by atoms with E-state index in [1.54, 1.807) is 0 Å². The lowest BCUT2D eigenvalue weighted by Crippen LogP contribution is -2.05. The number of para-hydroxylation sites is 1. The van der Waals surface area contributed by atoms with Crippen LogP contribution in [0.1, 0.15) is 5.56 Å². The molecule has 4 nitrogen and oxygen atoms in total. The minimum atomic E-state index is 0.743. The predicted molar refractivity (Wildman–Crippen MR) is 111 cm³/mol. The van der Waals surface area contributed by atoms with Crippen LogP contribution in [0.2, 0.25) is 0 Å². The highest BCUT2D eigenvalue weighted by molar-refractivity contribution is 5.93. The average molecular weight is 355 g/mol. The molecule has 1 heterocycles. The van der Waals surface area contributed by atoms with Crippen LogP contribution in [0.3, 0.4) is 0 Å². The molecule has 0 saturated carbocycles. The lowest BCUT2D eigenvalue weighted by Gasteiger charge is -2.10. The normalized spacial score (nSPS) is 10.7. The fourth-order valence-corrected chi connectivity index (χ4v) is 3.01. The van der Waals surface area contributed by atoms with Gasteiger partial charge in [-0.3, -0.25) is 4.98 Å². The van der Waals surface area contributed by atoms with Gasteiger partial charge in [-0.25, -0.2) is 0 Å². The molecule has 0 fully saturated rings. The second-order valence-corrected chi connectivity index (χ2v) is 6.37. The van der Waals surface area contributed by atoms with E-state index in [9.17, 15) is 0 Å². The Bertz CT molecular complexity index is 1030. The number of rotatable bonds is 6. The van der Waals surface area contributed by atoms with Crippen LogP contribution >= 0.6 is 0 Å². The van der Waals surface area contributed by atoms with Gasteiger partial charge in [0.2, 0.25) is 0 Å². The van der Waals surface area contributed by atoms with Crippen LogP contribution < -0.4 is 15.8 Å². The van der Waals surface area contributed by atoms with Crippen LogP contribution in [0, 0.1) is 0 Å². The molecule has 0 aliphatic rings. The Morgan fingerprint density at radius 2 is 1.63 bits per heavy atom. The van der Waals surface area contributed by atoms with Gasteiger partial charge in [0, 0.05) is 29.5 Å². The molecule has 0 amide bonds. The third-order valence-corrected chi connectivity index (χ3v) is 4.40. The van der Waals surface area contributed by atoms with Gasteiger partial charge in [-0.15, -0.1) is 0 Å². The number of benzene rings is 3. The van der Waals surface area contributed by atoms with Crippen molar-refractivity contribution in [2.24, 2.45) is 0 Å². The van der Waals surface area contributed by atoms with Crippen molar-refractivity contribution in [3.63, 3.8) is 0 Å². The first-order valence-electron chi connectivity index (χ1n) is 8.98. The standard InChI is InChI=1S/C23H21N3O/c24-18-8-11-22-21(16-18)23(13-15-26-22)25-14-12-17-6-9-20(10-7-17)27-19-4-2-1-3-5-19/h1-11,13,15-16H,12,14,24H2,(H,25,26). The number of ether oxygens (including phenoxy) is 1. The van der Waals surface area contributed by atoms with Crippen molar-refractivity contribution in [3.05, 3.63) is 90.6 Å². The number of nitrogen functional groups attached to an aromatic ring is 1. The maximum absolute atomic E-state index is 5.91. The minimum Gasteiger partial charge on any atom is -0.457 e. The molecule has 0 saturated heterocycles. The number of hydrogen-bond acceptors (Lipinski definition) is 4. The van der Waals surface area contributed by atoms with Crippen molar-refractivity contribution in [1.82, 2.24) is 4.98 Å². The van der Waals surface area contributed by atoms with E-state index in [1.165, 1.54) is 5.56 Å². The van der Waals surface area contributed by atoms with Crippen LogP contribution in [0.25, 0.3) is 10.9 Å². The van der Waals surface area contributed by atoms with Gasteiger partial charge in [0.1, 0.15) is 11.5 Å². The monoisotopic (exact) mass is 355 g/mol. The van der Waals surface area contributed by atoms with Crippen LogP contribution in [0.5, 0.6) is 11.5 Å². The van der Waals surface area contributed by atoms with Gasteiger partial charge in [-0.2, -0.15) is 0 Å². The molecule has 134 valence electrons. The van der Waals surface area contributed by atoms with Crippen molar-refractivity contribution in [2.75, 3.05) is 17.6 Å². The number of nitrogens with two attached hydrogens (primary N) is 1. The second kappa shape index (κ2) is 7.79. The molecule has 0 aliphatic carbocycles. The summed E-state index contributed by atoms with van der Waals surface area (Å²) in [7, 11) is 0. The van der Waals surface area contributed by atoms with Gasteiger partial charge < -0.3 is 15.8 Å².